The summed E-state index contributed by atoms with van der Waals surface area (Å²) in [6.45, 7) is 0. The quantitative estimate of drug-likeness (QED) is 0.388. The Morgan fingerprint density at radius 1 is 1.38 bits per heavy atom. The summed E-state index contributed by atoms with van der Waals surface area (Å²) in [5.74, 6) is -2.58. The van der Waals surface area contributed by atoms with Gasteiger partial charge in [0.2, 0.25) is 0 Å². The Balaban J connectivity index is 1.96. The van der Waals surface area contributed by atoms with Crippen LogP contribution in [0.2, 0.25) is 0 Å². The van der Waals surface area contributed by atoms with E-state index in [0.717, 1.165) is 6.26 Å². The molecule has 5 atom stereocenters. The second-order valence-corrected chi connectivity index (χ2v) is 6.64. The van der Waals surface area contributed by atoms with Gasteiger partial charge in [0.25, 0.3) is 10.1 Å². The highest BCUT2D eigenvalue weighted by Crippen LogP contribution is 2.61. The second kappa shape index (κ2) is 2.87. The van der Waals surface area contributed by atoms with Gasteiger partial charge in [-0.15, -0.1) is 0 Å². The third kappa shape index (κ3) is 1.24. The van der Waals surface area contributed by atoms with Gasteiger partial charge >= 0.3 is 0 Å². The zero-order valence-corrected chi connectivity index (χ0v) is 9.59. The summed E-state index contributed by atoms with van der Waals surface area (Å²) in [5, 5.41) is 19.9. The predicted octanol–water partition coefficient (Wildman–Crippen LogP) is -0.536. The van der Waals surface area contributed by atoms with E-state index in [1.54, 1.807) is 6.08 Å². The van der Waals surface area contributed by atoms with Gasteiger partial charge in [-0.3, -0.25) is 4.18 Å². The number of fused-ring (bicyclic) bond motifs is 1. The van der Waals surface area contributed by atoms with E-state index >= 15 is 0 Å². The molecule has 0 aromatic heterocycles. The van der Waals surface area contributed by atoms with Crippen LogP contribution in [-0.4, -0.2) is 36.8 Å². The highest BCUT2D eigenvalue weighted by atomic mass is 32.2. The Morgan fingerprint density at radius 2 is 2.06 bits per heavy atom. The Labute approximate surface area is 93.9 Å². The molecule has 0 radical (unpaired) electrons. The van der Waals surface area contributed by atoms with Crippen LogP contribution in [0.3, 0.4) is 0 Å². The molecule has 2 fully saturated rings. The third-order valence-corrected chi connectivity index (χ3v) is 4.67. The average molecular weight is 246 g/mol. The van der Waals surface area contributed by atoms with Crippen molar-refractivity contribution in [3.63, 3.8) is 0 Å². The summed E-state index contributed by atoms with van der Waals surface area (Å²) in [5.41, 5.74) is 0. The maximum Gasteiger partial charge on any atom is 0.264 e. The summed E-state index contributed by atoms with van der Waals surface area (Å²) in [4.78, 5) is 0. The van der Waals surface area contributed by atoms with Gasteiger partial charge in [0.15, 0.2) is 5.79 Å². The molecule has 16 heavy (non-hydrogen) atoms. The van der Waals surface area contributed by atoms with E-state index in [4.69, 9.17) is 4.18 Å². The smallest absolute Gasteiger partial charge is 0.264 e. The standard InChI is InChI=1S/C10H14O5S/c1-16(13,14)15-9-7-4-5-2-3-6(8(5)9)10(7,11)12/h2-3,5-9,11-12H,4H2,1H3/t5-,6-,7+,8+,9?/m1/s1. The van der Waals surface area contributed by atoms with Gasteiger partial charge in [0.05, 0.1) is 12.4 Å². The van der Waals surface area contributed by atoms with E-state index in [0.29, 0.717) is 6.42 Å². The summed E-state index contributed by atoms with van der Waals surface area (Å²) >= 11 is 0. The molecular weight excluding hydrogens is 232 g/mol. The van der Waals surface area contributed by atoms with Crippen LogP contribution in [0, 0.1) is 23.7 Å². The SMILES string of the molecule is CS(=O)(=O)OC1[C@H]2[C@@H]3C=C[C@H]2C(O)(O)[C@H]1C3. The molecule has 0 aromatic rings. The van der Waals surface area contributed by atoms with Crippen LogP contribution in [0.1, 0.15) is 6.42 Å². The maximum absolute atomic E-state index is 11.1. The molecule has 2 N–H and O–H groups in total. The van der Waals surface area contributed by atoms with E-state index < -0.39 is 27.9 Å². The zero-order valence-electron chi connectivity index (χ0n) is 8.78. The van der Waals surface area contributed by atoms with Crippen LogP contribution < -0.4 is 0 Å². The first kappa shape index (κ1) is 10.7. The first-order valence-electron chi connectivity index (χ1n) is 5.32. The first-order chi connectivity index (χ1) is 7.31. The molecule has 2 bridgehead atoms. The fourth-order valence-electron chi connectivity index (χ4n) is 3.58. The molecule has 3 rings (SSSR count). The summed E-state index contributed by atoms with van der Waals surface area (Å²) in [7, 11) is -3.55. The van der Waals surface area contributed by atoms with Crippen molar-refractivity contribution >= 4 is 10.1 Å². The largest absolute Gasteiger partial charge is 0.365 e. The molecule has 6 heteroatoms. The minimum atomic E-state index is -3.55. The van der Waals surface area contributed by atoms with Crippen LogP contribution in [-0.2, 0) is 14.3 Å². The van der Waals surface area contributed by atoms with Crippen molar-refractivity contribution in [2.45, 2.75) is 18.3 Å². The van der Waals surface area contributed by atoms with E-state index in [1.807, 2.05) is 6.08 Å². The van der Waals surface area contributed by atoms with E-state index in [2.05, 4.69) is 0 Å². The van der Waals surface area contributed by atoms with Gasteiger partial charge in [0, 0.05) is 17.8 Å². The Kier molecular flexibility index (Phi) is 1.92. The average Bonchev–Trinajstić information content (AvgIpc) is 2.64. The number of rotatable bonds is 2. The number of aliphatic hydroxyl groups is 2. The Bertz CT molecular complexity index is 450. The molecule has 0 spiro atoms. The molecule has 0 amide bonds. The lowest BCUT2D eigenvalue weighted by Gasteiger charge is -2.31. The van der Waals surface area contributed by atoms with Crippen LogP contribution in [0.25, 0.3) is 0 Å². The molecule has 0 heterocycles. The van der Waals surface area contributed by atoms with Crippen LogP contribution >= 0.6 is 0 Å². The lowest BCUT2D eigenvalue weighted by Crippen LogP contribution is -2.42. The van der Waals surface area contributed by atoms with Gasteiger partial charge < -0.3 is 10.2 Å². The second-order valence-electron chi connectivity index (χ2n) is 5.04. The van der Waals surface area contributed by atoms with Gasteiger partial charge in [0.1, 0.15) is 0 Å². The minimum absolute atomic E-state index is 0.102. The van der Waals surface area contributed by atoms with Gasteiger partial charge in [-0.05, 0) is 12.3 Å². The lowest BCUT2D eigenvalue weighted by molar-refractivity contribution is -0.219. The maximum atomic E-state index is 11.1. The molecule has 0 aliphatic heterocycles. The fourth-order valence-corrected chi connectivity index (χ4v) is 4.25. The normalized spacial score (nSPS) is 47.8. The van der Waals surface area contributed by atoms with Crippen molar-refractivity contribution in [1.82, 2.24) is 0 Å². The molecular formula is C10H14O5S. The molecule has 0 saturated heterocycles. The van der Waals surface area contributed by atoms with Crippen molar-refractivity contribution in [2.24, 2.45) is 23.7 Å². The minimum Gasteiger partial charge on any atom is -0.365 e. The number of hydrogen-bond acceptors (Lipinski definition) is 5. The Hall–Kier alpha value is -0.430. The number of allylic oxidation sites excluding steroid dienone is 1. The van der Waals surface area contributed by atoms with Crippen molar-refractivity contribution < 1.29 is 22.8 Å². The van der Waals surface area contributed by atoms with Crippen molar-refractivity contribution in [1.29, 1.82) is 0 Å². The van der Waals surface area contributed by atoms with Gasteiger partial charge in [-0.1, -0.05) is 12.2 Å². The highest BCUT2D eigenvalue weighted by molar-refractivity contribution is 7.86. The summed E-state index contributed by atoms with van der Waals surface area (Å²) in [6, 6.07) is 0. The van der Waals surface area contributed by atoms with Crippen LogP contribution in [0.4, 0.5) is 0 Å². The lowest BCUT2D eigenvalue weighted by atomic mass is 9.83. The fraction of sp³-hybridized carbons (Fsp3) is 0.800. The molecule has 0 aromatic carbocycles. The molecule has 5 nitrogen and oxygen atoms in total. The van der Waals surface area contributed by atoms with E-state index in [1.165, 1.54) is 0 Å². The third-order valence-electron chi connectivity index (χ3n) is 4.10. The van der Waals surface area contributed by atoms with Crippen molar-refractivity contribution in [3.8, 4) is 0 Å². The van der Waals surface area contributed by atoms with Gasteiger partial charge in [-0.2, -0.15) is 8.42 Å². The van der Waals surface area contributed by atoms with E-state index in [9.17, 15) is 18.6 Å². The summed E-state index contributed by atoms with van der Waals surface area (Å²) < 4.78 is 27.3. The molecule has 1 unspecified atom stereocenters. The molecule has 2 saturated carbocycles. The van der Waals surface area contributed by atoms with Crippen LogP contribution in [0.15, 0.2) is 12.2 Å². The Morgan fingerprint density at radius 3 is 2.69 bits per heavy atom. The molecule has 3 aliphatic rings. The molecule has 3 aliphatic carbocycles. The summed E-state index contributed by atoms with van der Waals surface area (Å²) in [6.07, 6.45) is 4.72. The van der Waals surface area contributed by atoms with Crippen LogP contribution in [0.5, 0.6) is 0 Å². The predicted molar refractivity (Wildman–Crippen MR) is 54.6 cm³/mol. The highest BCUT2D eigenvalue weighted by Gasteiger charge is 2.68. The first-order valence-corrected chi connectivity index (χ1v) is 7.13. The van der Waals surface area contributed by atoms with Crippen molar-refractivity contribution in [2.75, 3.05) is 6.26 Å². The van der Waals surface area contributed by atoms with E-state index in [-0.39, 0.29) is 17.8 Å². The monoisotopic (exact) mass is 246 g/mol. The number of hydrogen-bond donors (Lipinski definition) is 2. The van der Waals surface area contributed by atoms with Crippen molar-refractivity contribution in [3.05, 3.63) is 12.2 Å². The van der Waals surface area contributed by atoms with Gasteiger partial charge in [-0.25, -0.2) is 0 Å². The molecule has 90 valence electrons. The zero-order chi connectivity index (χ0) is 11.7. The topological polar surface area (TPSA) is 83.8 Å².